The van der Waals surface area contributed by atoms with Gasteiger partial charge in [-0.05, 0) is 106 Å². The summed E-state index contributed by atoms with van der Waals surface area (Å²) in [7, 11) is 0. The Balaban J connectivity index is 1.37. The number of hydrogen-bond donors (Lipinski definition) is 0. The van der Waals surface area contributed by atoms with Gasteiger partial charge < -0.3 is 0 Å². The molecule has 0 saturated heterocycles. The molecule has 5 heteroatoms. The summed E-state index contributed by atoms with van der Waals surface area (Å²) in [5.41, 5.74) is 3.52. The molecule has 1 aromatic heterocycles. The molecule has 0 aliphatic heterocycles. The SMILES string of the molecule is Cc1cc(C)cc(-n2c(SCC(=O)C34CC5CC(CC(C5)C3)C4)nc3ccccc3c2=O)c1. The van der Waals surface area contributed by atoms with Gasteiger partial charge >= 0.3 is 0 Å². The average molecular weight is 459 g/mol. The van der Waals surface area contributed by atoms with Crippen LogP contribution in [-0.2, 0) is 4.79 Å². The first kappa shape index (κ1) is 21.2. The highest BCUT2D eigenvalue weighted by molar-refractivity contribution is 7.99. The minimum absolute atomic E-state index is 0.0737. The van der Waals surface area contributed by atoms with Crippen LogP contribution in [0.4, 0.5) is 0 Å². The van der Waals surface area contributed by atoms with E-state index in [1.54, 1.807) is 4.57 Å². The van der Waals surface area contributed by atoms with Crippen LogP contribution in [0.5, 0.6) is 0 Å². The third-order valence-corrected chi connectivity index (χ3v) is 9.11. The largest absolute Gasteiger partial charge is 0.298 e. The lowest BCUT2D eigenvalue weighted by Gasteiger charge is -2.56. The number of rotatable bonds is 5. The highest BCUT2D eigenvalue weighted by Crippen LogP contribution is 2.60. The molecule has 2 aromatic carbocycles. The lowest BCUT2D eigenvalue weighted by molar-refractivity contribution is -0.141. The number of benzene rings is 2. The van der Waals surface area contributed by atoms with Crippen LogP contribution in [0, 0.1) is 37.0 Å². The standard InChI is InChI=1S/C28H30N2O2S/c1-17-7-18(2)9-22(8-17)30-26(32)23-5-3-4-6-24(23)29-27(30)33-16-25(31)28-13-19-10-20(14-28)12-21(11-19)15-28/h3-9,19-21H,10-16H2,1-2H3. The van der Waals surface area contributed by atoms with E-state index >= 15 is 0 Å². The predicted octanol–water partition coefficient (Wildman–Crippen LogP) is 5.88. The third kappa shape index (κ3) is 3.65. The van der Waals surface area contributed by atoms with Crippen molar-refractivity contribution in [2.24, 2.45) is 23.2 Å². The highest BCUT2D eigenvalue weighted by Gasteiger charge is 2.54. The first-order valence-corrected chi connectivity index (χ1v) is 13.2. The number of para-hydroxylation sites is 1. The number of carbonyl (C=O) groups excluding carboxylic acids is 1. The van der Waals surface area contributed by atoms with Crippen LogP contribution < -0.4 is 5.56 Å². The van der Waals surface area contributed by atoms with Crippen molar-refractivity contribution in [2.75, 3.05) is 5.75 Å². The van der Waals surface area contributed by atoms with Gasteiger partial charge in [-0.3, -0.25) is 14.2 Å². The van der Waals surface area contributed by atoms with E-state index in [0.29, 0.717) is 27.6 Å². The Hall–Kier alpha value is -2.40. The van der Waals surface area contributed by atoms with Crippen molar-refractivity contribution in [2.45, 2.75) is 57.5 Å². The van der Waals surface area contributed by atoms with Gasteiger partial charge in [0.25, 0.3) is 5.56 Å². The summed E-state index contributed by atoms with van der Waals surface area (Å²) in [5.74, 6) is 3.01. The van der Waals surface area contributed by atoms with Gasteiger partial charge in [-0.15, -0.1) is 0 Å². The maximum Gasteiger partial charge on any atom is 0.266 e. The molecule has 0 N–H and O–H groups in total. The van der Waals surface area contributed by atoms with E-state index in [2.05, 4.69) is 6.07 Å². The Bertz CT molecular complexity index is 1270. The Morgan fingerprint density at radius 2 is 1.61 bits per heavy atom. The molecule has 170 valence electrons. The van der Waals surface area contributed by atoms with Crippen molar-refractivity contribution >= 4 is 28.4 Å². The van der Waals surface area contributed by atoms with Gasteiger partial charge in [-0.2, -0.15) is 0 Å². The van der Waals surface area contributed by atoms with E-state index in [1.165, 1.54) is 31.0 Å². The fraction of sp³-hybridized carbons (Fsp3) is 0.464. The van der Waals surface area contributed by atoms with Gasteiger partial charge in [0.1, 0.15) is 5.78 Å². The van der Waals surface area contributed by atoms with Crippen molar-refractivity contribution in [3.05, 3.63) is 63.9 Å². The molecule has 0 amide bonds. The predicted molar refractivity (Wildman–Crippen MR) is 133 cm³/mol. The minimum atomic E-state index is -0.121. The van der Waals surface area contributed by atoms with Crippen LogP contribution in [0.3, 0.4) is 0 Å². The number of hydrogen-bond acceptors (Lipinski definition) is 4. The van der Waals surface area contributed by atoms with E-state index in [9.17, 15) is 9.59 Å². The number of thioether (sulfide) groups is 1. The number of fused-ring (bicyclic) bond motifs is 1. The van der Waals surface area contributed by atoms with E-state index in [1.807, 2.05) is 50.2 Å². The zero-order valence-corrected chi connectivity index (χ0v) is 20.2. The van der Waals surface area contributed by atoms with Gasteiger partial charge in [0.2, 0.25) is 0 Å². The summed E-state index contributed by atoms with van der Waals surface area (Å²) in [6, 6.07) is 13.6. The topological polar surface area (TPSA) is 52.0 Å². The molecule has 7 rings (SSSR count). The summed E-state index contributed by atoms with van der Waals surface area (Å²) in [6.45, 7) is 4.08. The second-order valence-electron chi connectivity index (χ2n) is 10.8. The molecule has 1 heterocycles. The van der Waals surface area contributed by atoms with E-state index in [-0.39, 0.29) is 11.0 Å². The quantitative estimate of drug-likeness (QED) is 0.354. The number of Topliss-reactive ketones (excluding diaryl/α,β-unsaturated/α-hetero) is 1. The van der Waals surface area contributed by atoms with Gasteiger partial charge in [-0.25, -0.2) is 4.98 Å². The van der Waals surface area contributed by atoms with Crippen molar-refractivity contribution in [1.29, 1.82) is 0 Å². The van der Waals surface area contributed by atoms with E-state index < -0.39 is 0 Å². The van der Waals surface area contributed by atoms with Crippen LogP contribution in [-0.4, -0.2) is 21.1 Å². The van der Waals surface area contributed by atoms with Gasteiger partial charge in [0, 0.05) is 5.41 Å². The third-order valence-electron chi connectivity index (χ3n) is 8.17. The van der Waals surface area contributed by atoms with Gasteiger partial charge in [0.05, 0.1) is 22.3 Å². The first-order valence-electron chi connectivity index (χ1n) is 12.2. The van der Waals surface area contributed by atoms with Crippen LogP contribution in [0.25, 0.3) is 16.6 Å². The normalized spacial score (nSPS) is 27.9. The number of nitrogens with zero attached hydrogens (tertiary/aromatic N) is 2. The summed E-state index contributed by atoms with van der Waals surface area (Å²) in [5, 5.41) is 1.22. The minimum Gasteiger partial charge on any atom is -0.298 e. The maximum absolute atomic E-state index is 13.6. The second-order valence-corrected chi connectivity index (χ2v) is 11.8. The lowest BCUT2D eigenvalue weighted by atomic mass is 9.48. The Morgan fingerprint density at radius 1 is 1.00 bits per heavy atom. The molecule has 0 unspecified atom stereocenters. The molecule has 0 radical (unpaired) electrons. The summed E-state index contributed by atoms with van der Waals surface area (Å²) >= 11 is 1.44. The van der Waals surface area contributed by atoms with Crippen molar-refractivity contribution in [3.8, 4) is 5.69 Å². The van der Waals surface area contributed by atoms with E-state index in [4.69, 9.17) is 4.98 Å². The molecule has 4 aliphatic rings. The molecule has 4 aliphatic carbocycles. The van der Waals surface area contributed by atoms with Crippen molar-refractivity contribution in [3.63, 3.8) is 0 Å². The molecule has 4 fully saturated rings. The van der Waals surface area contributed by atoms with Gasteiger partial charge in [-0.1, -0.05) is 30.0 Å². The molecule has 3 aromatic rings. The smallest absolute Gasteiger partial charge is 0.266 e. The Labute approximate surface area is 198 Å². The Kier molecular flexibility index (Phi) is 5.02. The summed E-state index contributed by atoms with van der Waals surface area (Å²) < 4.78 is 1.71. The highest BCUT2D eigenvalue weighted by atomic mass is 32.2. The van der Waals surface area contributed by atoms with Crippen LogP contribution in [0.2, 0.25) is 0 Å². The van der Waals surface area contributed by atoms with Crippen LogP contribution in [0.15, 0.2) is 52.4 Å². The fourth-order valence-electron chi connectivity index (χ4n) is 7.25. The molecule has 4 bridgehead atoms. The van der Waals surface area contributed by atoms with Crippen LogP contribution >= 0.6 is 11.8 Å². The van der Waals surface area contributed by atoms with Crippen molar-refractivity contribution < 1.29 is 4.79 Å². The number of carbonyl (C=O) groups is 1. The Morgan fingerprint density at radius 3 is 2.24 bits per heavy atom. The summed E-state index contributed by atoms with van der Waals surface area (Å²) in [6.07, 6.45) is 7.22. The molecule has 33 heavy (non-hydrogen) atoms. The molecule has 0 atom stereocenters. The van der Waals surface area contributed by atoms with Crippen LogP contribution in [0.1, 0.15) is 49.7 Å². The number of aryl methyl sites for hydroxylation is 2. The monoisotopic (exact) mass is 458 g/mol. The zero-order valence-electron chi connectivity index (χ0n) is 19.3. The fourth-order valence-corrected chi connectivity index (χ4v) is 8.30. The molecular formula is C28H30N2O2S. The molecule has 4 saturated carbocycles. The molecule has 0 spiro atoms. The number of aromatic nitrogens is 2. The molecular weight excluding hydrogens is 428 g/mol. The number of ketones is 1. The van der Waals surface area contributed by atoms with E-state index in [0.717, 1.165) is 53.8 Å². The zero-order chi connectivity index (χ0) is 22.7. The average Bonchev–Trinajstić information content (AvgIpc) is 2.76. The second kappa shape index (κ2) is 7.83. The lowest BCUT2D eigenvalue weighted by Crippen LogP contribution is -2.50. The summed E-state index contributed by atoms with van der Waals surface area (Å²) in [4.78, 5) is 32.1. The first-order chi connectivity index (χ1) is 15.9. The maximum atomic E-state index is 13.6. The van der Waals surface area contributed by atoms with Gasteiger partial charge in [0.15, 0.2) is 5.16 Å². The van der Waals surface area contributed by atoms with Crippen molar-refractivity contribution in [1.82, 2.24) is 9.55 Å². The molecule has 4 nitrogen and oxygen atoms in total.